The molecule has 3 N–H and O–H groups in total. The smallest absolute Gasteiger partial charge is 0.395 e. The number of aliphatic hydroxyl groups excluding tert-OH is 1. The molecule has 0 amide bonds. The van der Waals surface area contributed by atoms with Gasteiger partial charge in [0.15, 0.2) is 0 Å². The zero-order valence-electron chi connectivity index (χ0n) is 8.26. The molecule has 0 aliphatic rings. The van der Waals surface area contributed by atoms with Crippen molar-refractivity contribution in [3.63, 3.8) is 0 Å². The van der Waals surface area contributed by atoms with Crippen LogP contribution in [-0.2, 0) is 12.6 Å². The van der Waals surface area contributed by atoms with E-state index in [2.05, 4.69) is 0 Å². The number of hydrogen-bond acceptors (Lipinski definition) is 2. The first-order valence-corrected chi connectivity index (χ1v) is 4.56. The third kappa shape index (κ3) is 3.18. The van der Waals surface area contributed by atoms with E-state index in [0.29, 0.717) is 6.07 Å². The molecule has 6 heteroatoms. The summed E-state index contributed by atoms with van der Waals surface area (Å²) in [6.45, 7) is -0.422. The van der Waals surface area contributed by atoms with Crippen LogP contribution in [0.3, 0.4) is 0 Å². The number of halogens is 4. The Kier molecular flexibility index (Phi) is 3.88. The number of hydrogen-bond donors (Lipinski definition) is 2. The van der Waals surface area contributed by atoms with Crippen molar-refractivity contribution >= 4 is 0 Å². The van der Waals surface area contributed by atoms with E-state index >= 15 is 0 Å². The van der Waals surface area contributed by atoms with Crippen LogP contribution in [0.15, 0.2) is 18.2 Å². The predicted octanol–water partition coefficient (Wildman–Crippen LogP) is 1.71. The summed E-state index contributed by atoms with van der Waals surface area (Å²) in [6, 6.07) is 1.62. The first kappa shape index (κ1) is 12.9. The lowest BCUT2D eigenvalue weighted by Gasteiger charge is -2.15. The Bertz CT molecular complexity index is 364. The van der Waals surface area contributed by atoms with Gasteiger partial charge in [0.05, 0.1) is 12.2 Å². The van der Waals surface area contributed by atoms with Crippen molar-refractivity contribution in [1.29, 1.82) is 0 Å². The molecule has 1 rings (SSSR count). The number of rotatable bonds is 3. The summed E-state index contributed by atoms with van der Waals surface area (Å²) < 4.78 is 50.3. The number of nitrogens with two attached hydrogens (primary N) is 1. The van der Waals surface area contributed by atoms with Gasteiger partial charge >= 0.3 is 6.18 Å². The molecule has 0 aliphatic carbocycles. The molecule has 1 aromatic rings. The fraction of sp³-hybridized carbons (Fsp3) is 0.400. The summed E-state index contributed by atoms with van der Waals surface area (Å²) in [4.78, 5) is 0. The Morgan fingerprint density at radius 2 is 1.94 bits per heavy atom. The van der Waals surface area contributed by atoms with Gasteiger partial charge in [-0.2, -0.15) is 13.2 Å². The van der Waals surface area contributed by atoms with Crippen LogP contribution in [-0.4, -0.2) is 17.8 Å². The third-order valence-corrected chi connectivity index (χ3v) is 2.09. The highest BCUT2D eigenvalue weighted by molar-refractivity contribution is 5.31. The third-order valence-electron chi connectivity index (χ3n) is 2.09. The van der Waals surface area contributed by atoms with Gasteiger partial charge in [0.2, 0.25) is 0 Å². The van der Waals surface area contributed by atoms with Crippen LogP contribution < -0.4 is 5.73 Å². The molecule has 0 bridgehead atoms. The van der Waals surface area contributed by atoms with Crippen LogP contribution in [0, 0.1) is 5.82 Å². The van der Waals surface area contributed by atoms with Crippen LogP contribution >= 0.6 is 0 Å². The molecule has 16 heavy (non-hydrogen) atoms. The van der Waals surface area contributed by atoms with Crippen molar-refractivity contribution in [3.05, 3.63) is 35.1 Å². The Morgan fingerprint density at radius 1 is 1.31 bits per heavy atom. The first-order valence-electron chi connectivity index (χ1n) is 4.56. The summed E-state index contributed by atoms with van der Waals surface area (Å²) in [6.07, 6.45) is -4.77. The lowest BCUT2D eigenvalue weighted by Crippen LogP contribution is -2.28. The molecule has 90 valence electrons. The van der Waals surface area contributed by atoms with Gasteiger partial charge < -0.3 is 10.8 Å². The highest BCUT2D eigenvalue weighted by Gasteiger charge is 2.33. The van der Waals surface area contributed by atoms with E-state index in [0.717, 1.165) is 12.1 Å². The lowest BCUT2D eigenvalue weighted by atomic mass is 10.0. The van der Waals surface area contributed by atoms with Crippen molar-refractivity contribution in [3.8, 4) is 0 Å². The maximum atomic E-state index is 12.7. The van der Waals surface area contributed by atoms with Crippen molar-refractivity contribution in [2.75, 3.05) is 6.61 Å². The molecule has 1 aromatic carbocycles. The average molecular weight is 237 g/mol. The normalized spacial score (nSPS) is 13.9. The van der Waals surface area contributed by atoms with Crippen molar-refractivity contribution in [2.24, 2.45) is 5.73 Å². The van der Waals surface area contributed by atoms with Gasteiger partial charge in [0, 0.05) is 6.04 Å². The van der Waals surface area contributed by atoms with Crippen LogP contribution in [0.5, 0.6) is 0 Å². The maximum Gasteiger partial charge on any atom is 0.416 e. The minimum Gasteiger partial charge on any atom is -0.395 e. The SMILES string of the molecule is NC(CO)Cc1ccc(F)cc1C(F)(F)F. The largest absolute Gasteiger partial charge is 0.416 e. The molecule has 0 aliphatic heterocycles. The Morgan fingerprint density at radius 3 is 2.44 bits per heavy atom. The van der Waals surface area contributed by atoms with Gasteiger partial charge in [-0.1, -0.05) is 6.07 Å². The minimum absolute atomic E-state index is 0.115. The van der Waals surface area contributed by atoms with E-state index in [1.807, 2.05) is 0 Å². The van der Waals surface area contributed by atoms with E-state index in [1.54, 1.807) is 0 Å². The quantitative estimate of drug-likeness (QED) is 0.786. The molecule has 0 heterocycles. The average Bonchev–Trinajstić information content (AvgIpc) is 2.19. The summed E-state index contributed by atoms with van der Waals surface area (Å²) in [5.41, 5.74) is 4.18. The first-order chi connectivity index (χ1) is 7.34. The van der Waals surface area contributed by atoms with Gasteiger partial charge in [0.25, 0.3) is 0 Å². The highest BCUT2D eigenvalue weighted by atomic mass is 19.4. The fourth-order valence-electron chi connectivity index (χ4n) is 1.34. The second-order valence-electron chi connectivity index (χ2n) is 3.45. The second kappa shape index (κ2) is 4.80. The Labute approximate surface area is 89.7 Å². The van der Waals surface area contributed by atoms with Gasteiger partial charge in [-0.3, -0.25) is 0 Å². The lowest BCUT2D eigenvalue weighted by molar-refractivity contribution is -0.138. The van der Waals surface area contributed by atoms with Gasteiger partial charge in [-0.05, 0) is 24.1 Å². The summed E-state index contributed by atoms with van der Waals surface area (Å²) in [5, 5.41) is 8.66. The van der Waals surface area contributed by atoms with Crippen LogP contribution in [0.25, 0.3) is 0 Å². The number of benzene rings is 1. The minimum atomic E-state index is -4.62. The Balaban J connectivity index is 3.08. The molecular weight excluding hydrogens is 226 g/mol. The zero-order chi connectivity index (χ0) is 12.3. The molecule has 0 saturated carbocycles. The van der Waals surface area contributed by atoms with E-state index in [9.17, 15) is 17.6 Å². The number of alkyl halides is 3. The molecule has 0 aromatic heterocycles. The molecule has 0 saturated heterocycles. The molecule has 0 fully saturated rings. The molecule has 2 nitrogen and oxygen atoms in total. The zero-order valence-corrected chi connectivity index (χ0v) is 8.26. The molecule has 1 atom stereocenters. The second-order valence-corrected chi connectivity index (χ2v) is 3.45. The monoisotopic (exact) mass is 237 g/mol. The predicted molar refractivity (Wildman–Crippen MR) is 50.2 cm³/mol. The number of aliphatic hydroxyl groups is 1. The molecule has 0 spiro atoms. The summed E-state index contributed by atoms with van der Waals surface area (Å²) in [7, 11) is 0. The van der Waals surface area contributed by atoms with Crippen LogP contribution in [0.1, 0.15) is 11.1 Å². The van der Waals surface area contributed by atoms with Crippen molar-refractivity contribution in [1.82, 2.24) is 0 Å². The molecule has 1 unspecified atom stereocenters. The van der Waals surface area contributed by atoms with Crippen molar-refractivity contribution in [2.45, 2.75) is 18.6 Å². The van der Waals surface area contributed by atoms with Gasteiger partial charge in [-0.15, -0.1) is 0 Å². The summed E-state index contributed by atoms with van der Waals surface area (Å²) >= 11 is 0. The van der Waals surface area contributed by atoms with E-state index in [1.165, 1.54) is 0 Å². The standard InChI is InChI=1S/C10H11F4NO/c11-7-2-1-6(3-8(15)5-16)9(4-7)10(12,13)14/h1-2,4,8,16H,3,5,15H2. The highest BCUT2D eigenvalue weighted by Crippen LogP contribution is 2.32. The van der Waals surface area contributed by atoms with Crippen LogP contribution in [0.4, 0.5) is 17.6 Å². The van der Waals surface area contributed by atoms with Gasteiger partial charge in [-0.25, -0.2) is 4.39 Å². The van der Waals surface area contributed by atoms with E-state index < -0.39 is 30.2 Å². The van der Waals surface area contributed by atoms with E-state index in [4.69, 9.17) is 10.8 Å². The van der Waals surface area contributed by atoms with Crippen molar-refractivity contribution < 1.29 is 22.7 Å². The molecular formula is C10H11F4NO. The van der Waals surface area contributed by atoms with Gasteiger partial charge in [0.1, 0.15) is 5.82 Å². The van der Waals surface area contributed by atoms with E-state index in [-0.39, 0.29) is 12.0 Å². The fourth-order valence-corrected chi connectivity index (χ4v) is 1.34. The Hall–Kier alpha value is -1.14. The topological polar surface area (TPSA) is 46.2 Å². The molecule has 0 radical (unpaired) electrons. The van der Waals surface area contributed by atoms with Crippen LogP contribution in [0.2, 0.25) is 0 Å². The summed E-state index contributed by atoms with van der Waals surface area (Å²) in [5.74, 6) is -0.950. The maximum absolute atomic E-state index is 12.7.